The van der Waals surface area contributed by atoms with Crippen LogP contribution in [0.3, 0.4) is 0 Å². The molecule has 3 heterocycles. The number of methoxy groups -OCH3 is 1. The number of aromatic nitrogens is 2. The molecule has 1 aliphatic heterocycles. The Morgan fingerprint density at radius 2 is 1.93 bits per heavy atom. The van der Waals surface area contributed by atoms with Crippen molar-refractivity contribution in [3.63, 3.8) is 0 Å². The maximum Gasteiger partial charge on any atom is 0.256 e. The van der Waals surface area contributed by atoms with Crippen LogP contribution in [0.15, 0.2) is 54.9 Å². The van der Waals surface area contributed by atoms with E-state index in [9.17, 15) is 4.79 Å². The van der Waals surface area contributed by atoms with Crippen LogP contribution in [0.2, 0.25) is 0 Å². The number of carbonyl (C=O) groups excluding carboxylic acids is 1. The second-order valence-electron chi connectivity index (χ2n) is 6.99. The van der Waals surface area contributed by atoms with Crippen LogP contribution >= 0.6 is 0 Å². The van der Waals surface area contributed by atoms with E-state index in [2.05, 4.69) is 14.9 Å². The Balaban J connectivity index is 1.45. The molecule has 28 heavy (non-hydrogen) atoms. The van der Waals surface area contributed by atoms with Crippen LogP contribution in [0.4, 0.5) is 0 Å². The maximum absolute atomic E-state index is 13.2. The highest BCUT2D eigenvalue weighted by Crippen LogP contribution is 2.19. The number of pyridine rings is 2. The lowest BCUT2D eigenvalue weighted by Gasteiger charge is -2.22. The summed E-state index contributed by atoms with van der Waals surface area (Å²) in [6.07, 6.45) is 4.45. The third kappa shape index (κ3) is 3.97. The first-order valence-electron chi connectivity index (χ1n) is 9.59. The largest absolute Gasteiger partial charge is 0.497 e. The van der Waals surface area contributed by atoms with Crippen LogP contribution in [0, 0.1) is 0 Å². The molecule has 2 aromatic heterocycles. The van der Waals surface area contributed by atoms with Gasteiger partial charge in [-0.3, -0.25) is 19.7 Å². The molecule has 144 valence electrons. The van der Waals surface area contributed by atoms with Gasteiger partial charge in [0.2, 0.25) is 0 Å². The van der Waals surface area contributed by atoms with Gasteiger partial charge in [-0.25, -0.2) is 0 Å². The van der Waals surface area contributed by atoms with E-state index in [1.165, 1.54) is 0 Å². The number of hydrogen-bond acceptors (Lipinski definition) is 5. The van der Waals surface area contributed by atoms with Gasteiger partial charge in [0.25, 0.3) is 5.91 Å². The molecule has 0 N–H and O–H groups in total. The molecule has 0 saturated carbocycles. The van der Waals surface area contributed by atoms with Crippen LogP contribution in [0.5, 0.6) is 5.75 Å². The third-order valence-electron chi connectivity index (χ3n) is 5.15. The molecular formula is C22H24N4O2. The second-order valence-corrected chi connectivity index (χ2v) is 6.99. The molecule has 0 radical (unpaired) electrons. The monoisotopic (exact) mass is 376 g/mol. The average Bonchev–Trinajstić information content (AvgIpc) is 2.98. The fraction of sp³-hybridized carbons (Fsp3) is 0.318. The van der Waals surface area contributed by atoms with Gasteiger partial charge in [0.05, 0.1) is 23.9 Å². The topological polar surface area (TPSA) is 58.6 Å². The van der Waals surface area contributed by atoms with Gasteiger partial charge in [0.1, 0.15) is 5.75 Å². The first-order chi connectivity index (χ1) is 13.7. The SMILES string of the molecule is COc1ccnc(CN2CCCN(C(=O)c3cccc4cccnc34)CC2)c1. The van der Waals surface area contributed by atoms with Crippen molar-refractivity contribution in [2.75, 3.05) is 33.3 Å². The zero-order valence-electron chi connectivity index (χ0n) is 16.0. The van der Waals surface area contributed by atoms with Crippen molar-refractivity contribution in [2.24, 2.45) is 0 Å². The second kappa shape index (κ2) is 8.35. The molecule has 3 aromatic rings. The summed E-state index contributed by atoms with van der Waals surface area (Å²) >= 11 is 0. The molecule has 6 nitrogen and oxygen atoms in total. The standard InChI is InChI=1S/C22H24N4O2/c1-28-19-8-10-23-18(15-19)16-25-11-4-12-26(14-13-25)22(27)20-7-2-5-17-6-3-9-24-21(17)20/h2-3,5-10,15H,4,11-14,16H2,1H3. The van der Waals surface area contributed by atoms with Gasteiger partial charge < -0.3 is 9.64 Å². The molecule has 0 aliphatic carbocycles. The summed E-state index contributed by atoms with van der Waals surface area (Å²) in [4.78, 5) is 26.3. The van der Waals surface area contributed by atoms with Gasteiger partial charge in [-0.05, 0) is 24.6 Å². The van der Waals surface area contributed by atoms with Crippen molar-refractivity contribution in [3.8, 4) is 5.75 Å². The number of hydrogen-bond donors (Lipinski definition) is 0. The molecule has 0 unspecified atom stereocenters. The summed E-state index contributed by atoms with van der Waals surface area (Å²) in [6.45, 7) is 3.98. The van der Waals surface area contributed by atoms with E-state index < -0.39 is 0 Å². The fourth-order valence-corrected chi connectivity index (χ4v) is 3.68. The van der Waals surface area contributed by atoms with Gasteiger partial charge in [-0.2, -0.15) is 0 Å². The molecule has 1 amide bonds. The van der Waals surface area contributed by atoms with Gasteiger partial charge in [-0.1, -0.05) is 18.2 Å². The summed E-state index contributed by atoms with van der Waals surface area (Å²) in [6, 6.07) is 13.5. The molecule has 1 fully saturated rings. The number of benzene rings is 1. The predicted molar refractivity (Wildman–Crippen MR) is 108 cm³/mol. The minimum atomic E-state index is 0.0608. The van der Waals surface area contributed by atoms with Crippen LogP contribution in [-0.2, 0) is 6.54 Å². The lowest BCUT2D eigenvalue weighted by atomic mass is 10.1. The number of carbonyl (C=O) groups is 1. The van der Waals surface area contributed by atoms with Crippen LogP contribution in [-0.4, -0.2) is 59.0 Å². The van der Waals surface area contributed by atoms with Gasteiger partial charge in [0.15, 0.2) is 0 Å². The number of ether oxygens (including phenoxy) is 1. The van der Waals surface area contributed by atoms with Gasteiger partial charge >= 0.3 is 0 Å². The van der Waals surface area contributed by atoms with E-state index in [1.807, 2.05) is 47.4 Å². The smallest absolute Gasteiger partial charge is 0.256 e. The lowest BCUT2D eigenvalue weighted by Crippen LogP contribution is -2.35. The van der Waals surface area contributed by atoms with E-state index in [1.54, 1.807) is 19.5 Å². The number of rotatable bonds is 4. The quantitative estimate of drug-likeness (QED) is 0.701. The Bertz CT molecular complexity index is 970. The maximum atomic E-state index is 13.2. The molecule has 4 rings (SSSR count). The van der Waals surface area contributed by atoms with Crippen molar-refractivity contribution >= 4 is 16.8 Å². The van der Waals surface area contributed by atoms with Crippen molar-refractivity contribution < 1.29 is 9.53 Å². The van der Waals surface area contributed by atoms with E-state index in [4.69, 9.17) is 4.74 Å². The zero-order chi connectivity index (χ0) is 19.3. The molecule has 1 saturated heterocycles. The van der Waals surface area contributed by atoms with Crippen molar-refractivity contribution in [1.29, 1.82) is 0 Å². The number of para-hydroxylation sites is 1. The number of nitrogens with zero attached hydrogens (tertiary/aromatic N) is 4. The van der Waals surface area contributed by atoms with E-state index in [-0.39, 0.29) is 5.91 Å². The molecule has 0 atom stereocenters. The molecule has 1 aliphatic rings. The predicted octanol–water partition coefficient (Wildman–Crippen LogP) is 2.99. The minimum Gasteiger partial charge on any atom is -0.497 e. The first-order valence-corrected chi connectivity index (χ1v) is 9.59. The van der Waals surface area contributed by atoms with Crippen molar-refractivity contribution in [1.82, 2.24) is 19.8 Å². The van der Waals surface area contributed by atoms with E-state index in [0.717, 1.165) is 54.9 Å². The van der Waals surface area contributed by atoms with E-state index >= 15 is 0 Å². The van der Waals surface area contributed by atoms with Gasteiger partial charge in [0, 0.05) is 56.6 Å². The van der Waals surface area contributed by atoms with E-state index in [0.29, 0.717) is 12.1 Å². The molecule has 1 aromatic carbocycles. The van der Waals surface area contributed by atoms with Crippen LogP contribution in [0.1, 0.15) is 22.5 Å². The minimum absolute atomic E-state index is 0.0608. The highest BCUT2D eigenvalue weighted by atomic mass is 16.5. The van der Waals surface area contributed by atoms with Crippen molar-refractivity contribution in [2.45, 2.75) is 13.0 Å². The van der Waals surface area contributed by atoms with Crippen LogP contribution < -0.4 is 4.74 Å². The molecular weight excluding hydrogens is 352 g/mol. The summed E-state index contributed by atoms with van der Waals surface area (Å²) in [5, 5.41) is 0.994. The third-order valence-corrected chi connectivity index (χ3v) is 5.15. The summed E-state index contributed by atoms with van der Waals surface area (Å²) in [7, 11) is 1.66. The molecule has 0 bridgehead atoms. The lowest BCUT2D eigenvalue weighted by molar-refractivity contribution is 0.0763. The Kier molecular flexibility index (Phi) is 5.48. The molecule has 0 spiro atoms. The summed E-state index contributed by atoms with van der Waals surface area (Å²) in [5.41, 5.74) is 2.44. The number of amides is 1. The normalized spacial score (nSPS) is 15.4. The highest BCUT2D eigenvalue weighted by molar-refractivity contribution is 6.05. The summed E-state index contributed by atoms with van der Waals surface area (Å²) in [5.74, 6) is 0.880. The highest BCUT2D eigenvalue weighted by Gasteiger charge is 2.22. The Morgan fingerprint density at radius 3 is 2.82 bits per heavy atom. The number of fused-ring (bicyclic) bond motifs is 1. The average molecular weight is 376 g/mol. The summed E-state index contributed by atoms with van der Waals surface area (Å²) < 4.78 is 5.28. The van der Waals surface area contributed by atoms with Gasteiger partial charge in [-0.15, -0.1) is 0 Å². The first kappa shape index (κ1) is 18.4. The Labute approximate surface area is 164 Å². The zero-order valence-corrected chi connectivity index (χ0v) is 16.0. The van der Waals surface area contributed by atoms with Crippen molar-refractivity contribution in [3.05, 3.63) is 66.1 Å². The Hall–Kier alpha value is -2.99. The fourth-order valence-electron chi connectivity index (χ4n) is 3.68. The van der Waals surface area contributed by atoms with Crippen LogP contribution in [0.25, 0.3) is 10.9 Å². The molecule has 6 heteroatoms. The Morgan fingerprint density at radius 1 is 1.04 bits per heavy atom.